The molecule has 1 aliphatic heterocycles. The number of fused-ring (bicyclic) bond motifs is 3. The third-order valence-corrected chi connectivity index (χ3v) is 5.51. The Bertz CT molecular complexity index is 909. The molecule has 0 atom stereocenters. The van der Waals surface area contributed by atoms with Crippen LogP contribution < -0.4 is 0 Å². The average Bonchev–Trinajstić information content (AvgIpc) is 2.58. The molecule has 0 fully saturated rings. The largest absolute Gasteiger partial charge is 0.294 e. The van der Waals surface area contributed by atoms with Crippen LogP contribution >= 0.6 is 0 Å². The minimum absolute atomic E-state index is 0.0635. The first-order valence-corrected chi connectivity index (χ1v) is 8.20. The van der Waals surface area contributed by atoms with Crippen molar-refractivity contribution in [3.63, 3.8) is 0 Å². The van der Waals surface area contributed by atoms with Crippen molar-refractivity contribution in [1.82, 2.24) is 0 Å². The highest BCUT2D eigenvalue weighted by atomic mass is 32.2. The van der Waals surface area contributed by atoms with E-state index in [9.17, 15) is 13.0 Å². The molecule has 0 spiro atoms. The third-order valence-electron chi connectivity index (χ3n) is 4.66. The Labute approximate surface area is 124 Å². The lowest BCUT2D eigenvalue weighted by Crippen LogP contribution is -2.25. The Morgan fingerprint density at radius 2 is 1.76 bits per heavy atom. The summed E-state index contributed by atoms with van der Waals surface area (Å²) in [6, 6.07) is 8.78. The van der Waals surface area contributed by atoms with Crippen molar-refractivity contribution in [3.05, 3.63) is 35.9 Å². The fourth-order valence-corrected chi connectivity index (χ4v) is 3.67. The highest BCUT2D eigenvalue weighted by molar-refractivity contribution is 7.85. The molecule has 3 rings (SSSR count). The SMILES string of the molecule is CC1=[N+](C)c2ccc3ccc(S(=O)(=O)O)cc3c2C1(C)C. The highest BCUT2D eigenvalue weighted by Gasteiger charge is 2.42. The van der Waals surface area contributed by atoms with E-state index < -0.39 is 10.1 Å². The Kier molecular flexibility index (Phi) is 2.81. The smallest absolute Gasteiger partial charge is 0.282 e. The standard InChI is InChI=1S/C16H17NO3S/c1-10-16(2,3)15-13-9-12(21(18,19)20)7-5-11(13)6-8-14(15)17(10)4/h5-9H,1-4H3/p+1. The summed E-state index contributed by atoms with van der Waals surface area (Å²) >= 11 is 0. The van der Waals surface area contributed by atoms with Crippen LogP contribution in [0.2, 0.25) is 0 Å². The molecule has 5 heteroatoms. The zero-order chi connectivity index (χ0) is 15.6. The van der Waals surface area contributed by atoms with Gasteiger partial charge in [0.2, 0.25) is 5.69 Å². The van der Waals surface area contributed by atoms with E-state index in [0.29, 0.717) is 0 Å². The first-order chi connectivity index (χ1) is 9.64. The number of hydrogen-bond donors (Lipinski definition) is 1. The van der Waals surface area contributed by atoms with E-state index >= 15 is 0 Å². The van der Waals surface area contributed by atoms with Crippen molar-refractivity contribution >= 4 is 32.3 Å². The molecule has 0 aliphatic carbocycles. The summed E-state index contributed by atoms with van der Waals surface area (Å²) < 4.78 is 34.2. The van der Waals surface area contributed by atoms with Crippen LogP contribution in [0.25, 0.3) is 10.8 Å². The monoisotopic (exact) mass is 304 g/mol. The molecule has 0 radical (unpaired) electrons. The van der Waals surface area contributed by atoms with Crippen LogP contribution in [0.5, 0.6) is 0 Å². The van der Waals surface area contributed by atoms with Crippen molar-refractivity contribution in [1.29, 1.82) is 0 Å². The number of nitrogens with zero attached hydrogens (tertiary/aromatic N) is 1. The minimum Gasteiger partial charge on any atom is -0.282 e. The molecule has 110 valence electrons. The lowest BCUT2D eigenvalue weighted by atomic mass is 9.80. The average molecular weight is 304 g/mol. The quantitative estimate of drug-likeness (QED) is 0.650. The van der Waals surface area contributed by atoms with Crippen LogP contribution in [0, 0.1) is 0 Å². The molecule has 2 aromatic carbocycles. The van der Waals surface area contributed by atoms with Crippen molar-refractivity contribution in [2.24, 2.45) is 0 Å². The molecular formula is C16H18NO3S+. The summed E-state index contributed by atoms with van der Waals surface area (Å²) in [7, 11) is -2.18. The van der Waals surface area contributed by atoms with Gasteiger partial charge in [-0.2, -0.15) is 8.42 Å². The van der Waals surface area contributed by atoms with Crippen molar-refractivity contribution in [2.45, 2.75) is 31.1 Å². The molecular weight excluding hydrogens is 286 g/mol. The molecule has 4 nitrogen and oxygen atoms in total. The topological polar surface area (TPSA) is 57.4 Å². The Hall–Kier alpha value is -1.72. The second kappa shape index (κ2) is 4.15. The second-order valence-electron chi connectivity index (χ2n) is 6.09. The maximum absolute atomic E-state index is 11.4. The van der Waals surface area contributed by atoms with Crippen molar-refractivity contribution in [2.75, 3.05) is 7.05 Å². The Morgan fingerprint density at radius 3 is 2.38 bits per heavy atom. The number of hydrogen-bond acceptors (Lipinski definition) is 2. The normalized spacial score (nSPS) is 17.4. The van der Waals surface area contributed by atoms with Gasteiger partial charge in [-0.25, -0.2) is 4.58 Å². The van der Waals surface area contributed by atoms with Gasteiger partial charge >= 0.3 is 0 Å². The number of benzene rings is 2. The minimum atomic E-state index is -4.20. The molecule has 0 amide bonds. The van der Waals surface area contributed by atoms with E-state index in [1.807, 2.05) is 13.1 Å². The van der Waals surface area contributed by atoms with Gasteiger partial charge in [-0.1, -0.05) is 6.07 Å². The lowest BCUT2D eigenvalue weighted by molar-refractivity contribution is -0.402. The molecule has 0 aromatic heterocycles. The number of rotatable bonds is 1. The van der Waals surface area contributed by atoms with Crippen LogP contribution in [-0.4, -0.2) is 30.3 Å². The summed E-state index contributed by atoms with van der Waals surface area (Å²) in [6.07, 6.45) is 0. The molecule has 0 bridgehead atoms. The van der Waals surface area contributed by atoms with E-state index in [1.165, 1.54) is 11.8 Å². The summed E-state index contributed by atoms with van der Waals surface area (Å²) in [6.45, 7) is 6.34. The van der Waals surface area contributed by atoms with Crippen LogP contribution in [0.1, 0.15) is 26.3 Å². The van der Waals surface area contributed by atoms with Gasteiger partial charge in [0.1, 0.15) is 7.05 Å². The zero-order valence-corrected chi connectivity index (χ0v) is 13.3. The van der Waals surface area contributed by atoms with Crippen molar-refractivity contribution in [3.8, 4) is 0 Å². The van der Waals surface area contributed by atoms with E-state index in [1.54, 1.807) is 12.1 Å². The molecule has 0 unspecified atom stereocenters. The van der Waals surface area contributed by atoms with Crippen LogP contribution in [0.15, 0.2) is 35.2 Å². The molecule has 21 heavy (non-hydrogen) atoms. The van der Waals surface area contributed by atoms with Gasteiger partial charge in [-0.05, 0) is 42.8 Å². The zero-order valence-electron chi connectivity index (χ0n) is 12.5. The van der Waals surface area contributed by atoms with Gasteiger partial charge in [-0.15, -0.1) is 0 Å². The molecule has 2 aromatic rings. The van der Waals surface area contributed by atoms with Gasteiger partial charge in [0.15, 0.2) is 5.71 Å². The van der Waals surface area contributed by atoms with Crippen LogP contribution in [0.4, 0.5) is 5.69 Å². The summed E-state index contributed by atoms with van der Waals surface area (Å²) in [5.41, 5.74) is 3.21. The van der Waals surface area contributed by atoms with E-state index in [4.69, 9.17) is 0 Å². The van der Waals surface area contributed by atoms with Gasteiger partial charge in [-0.3, -0.25) is 4.55 Å². The van der Waals surface area contributed by atoms with E-state index in [0.717, 1.165) is 22.0 Å². The van der Waals surface area contributed by atoms with E-state index in [2.05, 4.69) is 31.4 Å². The Balaban J connectivity index is 2.44. The highest BCUT2D eigenvalue weighted by Crippen LogP contribution is 2.43. The third kappa shape index (κ3) is 1.92. The lowest BCUT2D eigenvalue weighted by Gasteiger charge is -2.17. The Morgan fingerprint density at radius 1 is 1.14 bits per heavy atom. The fraction of sp³-hybridized carbons (Fsp3) is 0.312. The van der Waals surface area contributed by atoms with Gasteiger partial charge in [0.05, 0.1) is 10.3 Å². The molecule has 1 heterocycles. The molecule has 1 N–H and O–H groups in total. The second-order valence-corrected chi connectivity index (χ2v) is 7.51. The predicted octanol–water partition coefficient (Wildman–Crippen LogP) is 3.11. The van der Waals surface area contributed by atoms with Crippen LogP contribution in [0.3, 0.4) is 0 Å². The van der Waals surface area contributed by atoms with Gasteiger partial charge < -0.3 is 0 Å². The summed E-state index contributed by atoms with van der Waals surface area (Å²) in [5, 5.41) is 1.84. The van der Waals surface area contributed by atoms with E-state index in [-0.39, 0.29) is 10.3 Å². The molecule has 0 saturated heterocycles. The summed E-state index contributed by atoms with van der Waals surface area (Å²) in [4.78, 5) is -0.0635. The van der Waals surface area contributed by atoms with Crippen LogP contribution in [-0.2, 0) is 15.5 Å². The maximum atomic E-state index is 11.4. The molecule has 0 saturated carbocycles. The maximum Gasteiger partial charge on any atom is 0.294 e. The fourth-order valence-electron chi connectivity index (χ4n) is 3.16. The van der Waals surface area contributed by atoms with Crippen molar-refractivity contribution < 1.29 is 17.5 Å². The van der Waals surface area contributed by atoms with Gasteiger partial charge in [0.25, 0.3) is 10.1 Å². The first-order valence-electron chi connectivity index (χ1n) is 6.76. The predicted molar refractivity (Wildman–Crippen MR) is 83.3 cm³/mol. The molecule has 1 aliphatic rings. The first kappa shape index (κ1) is 14.2. The van der Waals surface area contributed by atoms with Gasteiger partial charge in [0, 0.05) is 18.6 Å². The summed E-state index contributed by atoms with van der Waals surface area (Å²) in [5.74, 6) is 0.